The minimum Gasteiger partial charge on any atom is -0.325 e. The fourth-order valence-corrected chi connectivity index (χ4v) is 2.10. The Kier molecular flexibility index (Phi) is 3.39. The van der Waals surface area contributed by atoms with Crippen molar-refractivity contribution in [3.05, 3.63) is 53.9 Å². The second kappa shape index (κ2) is 5.34. The lowest BCUT2D eigenvalue weighted by Crippen LogP contribution is -2.57. The summed E-state index contributed by atoms with van der Waals surface area (Å²) in [5.41, 5.74) is 11.2. The third-order valence-corrected chi connectivity index (χ3v) is 3.11. The van der Waals surface area contributed by atoms with Crippen LogP contribution in [0.3, 0.4) is 0 Å². The van der Waals surface area contributed by atoms with E-state index in [9.17, 15) is 0 Å². The van der Waals surface area contributed by atoms with E-state index >= 15 is 0 Å². The van der Waals surface area contributed by atoms with Crippen LogP contribution in [0.2, 0.25) is 0 Å². The largest absolute Gasteiger partial charge is 0.325 e. The molecule has 1 aliphatic heterocycles. The summed E-state index contributed by atoms with van der Waals surface area (Å²) < 4.78 is 0. The van der Waals surface area contributed by atoms with Crippen molar-refractivity contribution in [2.24, 2.45) is 5.73 Å². The smallest absolute Gasteiger partial charge is 0.237 e. The first-order valence-corrected chi connectivity index (χ1v) is 6.42. The lowest BCUT2D eigenvalue weighted by molar-refractivity contribution is 0.187. The molecule has 0 bridgehead atoms. The average Bonchev–Trinajstić information content (AvgIpc) is 2.39. The average molecular weight is 255 g/mol. The van der Waals surface area contributed by atoms with Crippen molar-refractivity contribution < 1.29 is 0 Å². The van der Waals surface area contributed by atoms with Gasteiger partial charge in [-0.25, -0.2) is 15.0 Å². The van der Waals surface area contributed by atoms with Gasteiger partial charge in [-0.2, -0.15) is 0 Å². The van der Waals surface area contributed by atoms with Gasteiger partial charge in [-0.15, -0.1) is 0 Å². The van der Waals surface area contributed by atoms with Crippen LogP contribution < -0.4 is 11.2 Å². The predicted molar refractivity (Wildman–Crippen MR) is 74.5 cm³/mol. The highest BCUT2D eigenvalue weighted by Gasteiger charge is 2.23. The van der Waals surface area contributed by atoms with Crippen molar-refractivity contribution in [1.29, 1.82) is 0 Å². The van der Waals surface area contributed by atoms with Crippen molar-refractivity contribution in [1.82, 2.24) is 15.0 Å². The van der Waals surface area contributed by atoms with E-state index in [0.29, 0.717) is 5.95 Å². The summed E-state index contributed by atoms with van der Waals surface area (Å²) in [4.78, 5) is 8.73. The zero-order valence-corrected chi connectivity index (χ0v) is 10.7. The zero-order valence-electron chi connectivity index (χ0n) is 10.7. The predicted octanol–water partition coefficient (Wildman–Crippen LogP) is 1.04. The van der Waals surface area contributed by atoms with Crippen molar-refractivity contribution in [2.75, 3.05) is 18.5 Å². The first-order chi connectivity index (χ1) is 9.29. The molecule has 0 radical (unpaired) electrons. The molecule has 0 atom stereocenters. The number of nitrogens with one attached hydrogen (secondary N) is 1. The molecule has 3 N–H and O–H groups in total. The van der Waals surface area contributed by atoms with Crippen LogP contribution in [-0.4, -0.2) is 34.1 Å². The van der Waals surface area contributed by atoms with Crippen LogP contribution in [-0.2, 0) is 6.42 Å². The van der Waals surface area contributed by atoms with Gasteiger partial charge in [0.15, 0.2) is 0 Å². The van der Waals surface area contributed by atoms with E-state index in [1.165, 1.54) is 5.56 Å². The summed E-state index contributed by atoms with van der Waals surface area (Å²) in [6.45, 7) is 1.68. The fourth-order valence-electron chi connectivity index (χ4n) is 2.10. The van der Waals surface area contributed by atoms with E-state index in [4.69, 9.17) is 5.73 Å². The lowest BCUT2D eigenvalue weighted by atomic mass is 10.1. The molecule has 1 aromatic carbocycles. The van der Waals surface area contributed by atoms with Gasteiger partial charge < -0.3 is 5.73 Å². The van der Waals surface area contributed by atoms with Crippen LogP contribution in [0.1, 0.15) is 11.3 Å². The summed E-state index contributed by atoms with van der Waals surface area (Å²) in [7, 11) is 0. The van der Waals surface area contributed by atoms with Gasteiger partial charge in [-0.05, 0) is 11.6 Å². The Labute approximate surface area is 112 Å². The number of anilines is 1. The summed E-state index contributed by atoms with van der Waals surface area (Å²) in [5, 5.41) is 2.02. The minimum absolute atomic E-state index is 0.264. The number of hydrazine groups is 1. The number of aromatic nitrogens is 2. The van der Waals surface area contributed by atoms with E-state index in [1.807, 2.05) is 29.3 Å². The topological polar surface area (TPSA) is 67.1 Å². The quantitative estimate of drug-likeness (QED) is 0.854. The maximum atomic E-state index is 5.73. The normalized spacial score (nSPS) is 16.1. The van der Waals surface area contributed by atoms with Crippen LogP contribution in [0.5, 0.6) is 0 Å². The van der Waals surface area contributed by atoms with Crippen molar-refractivity contribution in [3.63, 3.8) is 0 Å². The highest BCUT2D eigenvalue weighted by molar-refractivity contribution is 5.28. The summed E-state index contributed by atoms with van der Waals surface area (Å²) >= 11 is 0. The van der Waals surface area contributed by atoms with Crippen LogP contribution in [0.25, 0.3) is 0 Å². The van der Waals surface area contributed by atoms with Gasteiger partial charge in [0, 0.05) is 31.7 Å². The summed E-state index contributed by atoms with van der Waals surface area (Å²) in [6, 6.07) is 12.5. The van der Waals surface area contributed by atoms with Gasteiger partial charge in [-0.3, -0.25) is 5.43 Å². The third-order valence-electron chi connectivity index (χ3n) is 3.11. The Hall–Kier alpha value is -1.98. The molecule has 1 saturated heterocycles. The van der Waals surface area contributed by atoms with Crippen LogP contribution in [0, 0.1) is 0 Å². The summed E-state index contributed by atoms with van der Waals surface area (Å²) in [6.07, 6.45) is 2.60. The van der Waals surface area contributed by atoms with Gasteiger partial charge in [0.25, 0.3) is 0 Å². The SMILES string of the molecule is NC1CN(Nc2nccc(Cc3ccccc3)n2)C1. The Morgan fingerprint density at radius 1 is 1.21 bits per heavy atom. The molecule has 19 heavy (non-hydrogen) atoms. The maximum Gasteiger partial charge on any atom is 0.237 e. The number of hydrogen-bond acceptors (Lipinski definition) is 5. The second-order valence-corrected chi connectivity index (χ2v) is 4.81. The molecule has 0 spiro atoms. The number of nitrogens with two attached hydrogens (primary N) is 1. The van der Waals surface area contributed by atoms with Gasteiger partial charge in [0.2, 0.25) is 5.95 Å². The molecule has 2 heterocycles. The third kappa shape index (κ3) is 3.07. The maximum absolute atomic E-state index is 5.73. The van der Waals surface area contributed by atoms with Crippen LogP contribution in [0.15, 0.2) is 42.6 Å². The number of benzene rings is 1. The molecular weight excluding hydrogens is 238 g/mol. The molecule has 0 aliphatic carbocycles. The van der Waals surface area contributed by atoms with Gasteiger partial charge >= 0.3 is 0 Å². The zero-order chi connectivity index (χ0) is 13.1. The monoisotopic (exact) mass is 255 g/mol. The van der Waals surface area contributed by atoms with Crippen LogP contribution in [0.4, 0.5) is 5.95 Å². The molecule has 5 heteroatoms. The highest BCUT2D eigenvalue weighted by Crippen LogP contribution is 2.11. The van der Waals surface area contributed by atoms with E-state index in [-0.39, 0.29) is 6.04 Å². The second-order valence-electron chi connectivity index (χ2n) is 4.81. The van der Waals surface area contributed by atoms with Gasteiger partial charge in [0.1, 0.15) is 0 Å². The van der Waals surface area contributed by atoms with Crippen molar-refractivity contribution in [3.8, 4) is 0 Å². The Bertz CT molecular complexity index is 537. The van der Waals surface area contributed by atoms with Crippen molar-refractivity contribution >= 4 is 5.95 Å². The number of nitrogens with zero attached hydrogens (tertiary/aromatic N) is 3. The molecular formula is C14H17N5. The molecule has 98 valence electrons. The van der Waals surface area contributed by atoms with E-state index in [1.54, 1.807) is 6.20 Å². The van der Waals surface area contributed by atoms with Crippen LogP contribution >= 0.6 is 0 Å². The van der Waals surface area contributed by atoms with E-state index in [2.05, 4.69) is 27.5 Å². The number of rotatable bonds is 4. The summed E-state index contributed by atoms with van der Waals surface area (Å²) in [5.74, 6) is 0.639. The Morgan fingerprint density at radius 3 is 2.74 bits per heavy atom. The van der Waals surface area contributed by atoms with E-state index in [0.717, 1.165) is 25.2 Å². The fraction of sp³-hybridized carbons (Fsp3) is 0.286. The molecule has 0 unspecified atom stereocenters. The molecule has 0 amide bonds. The van der Waals surface area contributed by atoms with E-state index < -0.39 is 0 Å². The minimum atomic E-state index is 0.264. The molecule has 0 saturated carbocycles. The molecule has 2 aromatic rings. The molecule has 5 nitrogen and oxygen atoms in total. The molecule has 1 fully saturated rings. The molecule has 1 aliphatic rings. The Morgan fingerprint density at radius 2 is 2.00 bits per heavy atom. The first kappa shape index (κ1) is 12.1. The Balaban J connectivity index is 1.66. The van der Waals surface area contributed by atoms with Crippen molar-refractivity contribution in [2.45, 2.75) is 12.5 Å². The molecule has 3 rings (SSSR count). The lowest BCUT2D eigenvalue weighted by Gasteiger charge is -2.36. The first-order valence-electron chi connectivity index (χ1n) is 6.42. The standard InChI is InChI=1S/C14H17N5/c15-12-9-19(10-12)18-14-16-7-6-13(17-14)8-11-4-2-1-3-5-11/h1-7,12H,8-10,15H2,(H,16,17,18). The highest BCUT2D eigenvalue weighted by atomic mass is 15.6. The number of hydrogen-bond donors (Lipinski definition) is 2. The van der Waals surface area contributed by atoms with Gasteiger partial charge in [0.05, 0.1) is 5.69 Å². The van der Waals surface area contributed by atoms with Gasteiger partial charge in [-0.1, -0.05) is 30.3 Å². The molecule has 1 aromatic heterocycles.